The van der Waals surface area contributed by atoms with Gasteiger partial charge in [-0.15, -0.1) is 0 Å². The second-order valence-electron chi connectivity index (χ2n) is 2.95. The zero-order valence-corrected chi connectivity index (χ0v) is 13.4. The standard InChI is InChI=1S/C9H5I3O2/c10-5-3-4-1-2-6(13)14-9(4)8(12)7(5)11/h3H,1-2H2. The van der Waals surface area contributed by atoms with Crippen LogP contribution in [0.2, 0.25) is 0 Å². The van der Waals surface area contributed by atoms with Crippen molar-refractivity contribution in [3.8, 4) is 5.75 Å². The summed E-state index contributed by atoms with van der Waals surface area (Å²) in [5.74, 6) is 0.652. The zero-order chi connectivity index (χ0) is 10.3. The minimum atomic E-state index is -0.118. The van der Waals surface area contributed by atoms with E-state index in [2.05, 4.69) is 73.8 Å². The molecule has 0 aliphatic carbocycles. The summed E-state index contributed by atoms with van der Waals surface area (Å²) in [7, 11) is 0. The molecular weight excluding hydrogens is 521 g/mol. The van der Waals surface area contributed by atoms with Crippen LogP contribution < -0.4 is 4.74 Å². The Morgan fingerprint density at radius 2 is 1.86 bits per heavy atom. The molecule has 1 aromatic rings. The number of hydrogen-bond acceptors (Lipinski definition) is 2. The third-order valence-corrected chi connectivity index (χ3v) is 7.07. The van der Waals surface area contributed by atoms with Gasteiger partial charge in [0.2, 0.25) is 0 Å². The Hall–Kier alpha value is 0.880. The quantitative estimate of drug-likeness (QED) is 0.225. The largest absolute Gasteiger partial charge is 0.425 e. The van der Waals surface area contributed by atoms with Crippen molar-refractivity contribution in [3.63, 3.8) is 0 Å². The summed E-state index contributed by atoms with van der Waals surface area (Å²) < 4.78 is 8.69. The van der Waals surface area contributed by atoms with E-state index in [1.165, 1.54) is 3.57 Å². The maximum atomic E-state index is 11.1. The molecule has 74 valence electrons. The Morgan fingerprint density at radius 3 is 2.57 bits per heavy atom. The van der Waals surface area contributed by atoms with Gasteiger partial charge in [-0.25, -0.2) is 0 Å². The molecular formula is C9H5I3O2. The lowest BCUT2D eigenvalue weighted by Crippen LogP contribution is -2.17. The number of fused-ring (bicyclic) bond motifs is 1. The Kier molecular flexibility index (Phi) is 3.57. The van der Waals surface area contributed by atoms with Crippen LogP contribution in [0.5, 0.6) is 5.75 Å². The summed E-state index contributed by atoms with van der Waals surface area (Å²) in [6.45, 7) is 0. The Morgan fingerprint density at radius 1 is 1.14 bits per heavy atom. The second kappa shape index (κ2) is 4.40. The molecule has 5 heteroatoms. The molecule has 0 spiro atoms. The van der Waals surface area contributed by atoms with Crippen molar-refractivity contribution >= 4 is 73.7 Å². The van der Waals surface area contributed by atoms with Crippen molar-refractivity contribution in [2.45, 2.75) is 12.8 Å². The number of benzene rings is 1. The predicted molar refractivity (Wildman–Crippen MR) is 78.5 cm³/mol. The van der Waals surface area contributed by atoms with Gasteiger partial charge >= 0.3 is 5.97 Å². The highest BCUT2D eigenvalue weighted by Crippen LogP contribution is 2.36. The molecule has 0 N–H and O–H groups in total. The van der Waals surface area contributed by atoms with Crippen LogP contribution in [-0.2, 0) is 11.2 Å². The number of hydrogen-bond donors (Lipinski definition) is 0. The van der Waals surface area contributed by atoms with Crippen LogP contribution in [0.3, 0.4) is 0 Å². The molecule has 2 rings (SSSR count). The molecule has 1 heterocycles. The SMILES string of the molecule is O=C1CCc2cc(I)c(I)c(I)c2O1. The molecule has 1 aromatic carbocycles. The maximum Gasteiger partial charge on any atom is 0.311 e. The number of aryl methyl sites for hydroxylation is 1. The summed E-state index contributed by atoms with van der Waals surface area (Å²) >= 11 is 6.82. The molecule has 0 atom stereocenters. The van der Waals surface area contributed by atoms with E-state index >= 15 is 0 Å². The fourth-order valence-electron chi connectivity index (χ4n) is 1.33. The molecule has 0 fully saturated rings. The Balaban J connectivity index is 2.60. The van der Waals surface area contributed by atoms with E-state index in [4.69, 9.17) is 4.74 Å². The van der Waals surface area contributed by atoms with Gasteiger partial charge in [-0.3, -0.25) is 4.79 Å². The molecule has 0 bridgehead atoms. The lowest BCUT2D eigenvalue weighted by Gasteiger charge is -2.18. The maximum absolute atomic E-state index is 11.1. The van der Waals surface area contributed by atoms with Crippen LogP contribution in [0, 0.1) is 10.7 Å². The summed E-state index contributed by atoms with van der Waals surface area (Å²) in [6.07, 6.45) is 1.30. The lowest BCUT2D eigenvalue weighted by molar-refractivity contribution is -0.135. The van der Waals surface area contributed by atoms with Crippen molar-refractivity contribution in [1.82, 2.24) is 0 Å². The van der Waals surface area contributed by atoms with Gasteiger partial charge in [0.25, 0.3) is 0 Å². The van der Waals surface area contributed by atoms with Crippen LogP contribution >= 0.6 is 67.8 Å². The minimum absolute atomic E-state index is 0.118. The van der Waals surface area contributed by atoms with Gasteiger partial charge in [0.1, 0.15) is 5.75 Å². The molecule has 0 aromatic heterocycles. The summed E-state index contributed by atoms with van der Waals surface area (Å²) in [5.41, 5.74) is 1.15. The first-order chi connectivity index (χ1) is 6.59. The van der Waals surface area contributed by atoms with E-state index in [-0.39, 0.29) is 5.97 Å². The van der Waals surface area contributed by atoms with Gasteiger partial charge in [0, 0.05) is 7.14 Å². The third kappa shape index (κ3) is 2.04. The van der Waals surface area contributed by atoms with E-state index in [1.54, 1.807) is 0 Å². The summed E-state index contributed by atoms with van der Waals surface area (Å²) in [4.78, 5) is 11.1. The molecule has 14 heavy (non-hydrogen) atoms. The van der Waals surface area contributed by atoms with Crippen molar-refractivity contribution in [1.29, 1.82) is 0 Å². The topological polar surface area (TPSA) is 26.3 Å². The summed E-state index contributed by atoms with van der Waals surface area (Å²) in [6, 6.07) is 2.10. The van der Waals surface area contributed by atoms with Gasteiger partial charge in [-0.05, 0) is 85.8 Å². The molecule has 0 radical (unpaired) electrons. The van der Waals surface area contributed by atoms with Crippen molar-refractivity contribution in [2.24, 2.45) is 0 Å². The van der Waals surface area contributed by atoms with Crippen molar-refractivity contribution < 1.29 is 9.53 Å². The monoisotopic (exact) mass is 526 g/mol. The molecule has 0 saturated heterocycles. The van der Waals surface area contributed by atoms with Crippen LogP contribution in [0.25, 0.3) is 0 Å². The van der Waals surface area contributed by atoms with Crippen LogP contribution in [0.4, 0.5) is 0 Å². The molecule has 0 unspecified atom stereocenters. The number of carbonyl (C=O) groups is 1. The fourth-order valence-corrected chi connectivity index (χ4v) is 3.63. The van der Waals surface area contributed by atoms with Crippen LogP contribution in [0.1, 0.15) is 12.0 Å². The zero-order valence-electron chi connectivity index (χ0n) is 6.94. The minimum Gasteiger partial charge on any atom is -0.425 e. The smallest absolute Gasteiger partial charge is 0.311 e. The highest BCUT2D eigenvalue weighted by atomic mass is 127. The van der Waals surface area contributed by atoms with Crippen molar-refractivity contribution in [2.75, 3.05) is 0 Å². The number of carbonyl (C=O) groups excluding carboxylic acids is 1. The first-order valence-electron chi connectivity index (χ1n) is 3.96. The first-order valence-corrected chi connectivity index (χ1v) is 7.20. The fraction of sp³-hybridized carbons (Fsp3) is 0.222. The Labute approximate surface area is 123 Å². The van der Waals surface area contributed by atoms with Gasteiger partial charge in [-0.1, -0.05) is 0 Å². The second-order valence-corrected chi connectivity index (χ2v) is 6.27. The highest BCUT2D eigenvalue weighted by molar-refractivity contribution is 14.1. The first kappa shape index (κ1) is 11.4. The molecule has 0 amide bonds. The van der Waals surface area contributed by atoms with Gasteiger partial charge in [-0.2, -0.15) is 0 Å². The van der Waals surface area contributed by atoms with E-state index < -0.39 is 0 Å². The average molecular weight is 526 g/mol. The Bertz CT molecular complexity index is 415. The summed E-state index contributed by atoms with van der Waals surface area (Å²) in [5, 5.41) is 0. The molecule has 2 nitrogen and oxygen atoms in total. The van der Waals surface area contributed by atoms with Gasteiger partial charge in [0.15, 0.2) is 0 Å². The average Bonchev–Trinajstić information content (AvgIpc) is 2.16. The number of ether oxygens (including phenoxy) is 1. The van der Waals surface area contributed by atoms with Crippen LogP contribution in [-0.4, -0.2) is 5.97 Å². The van der Waals surface area contributed by atoms with E-state index in [0.717, 1.165) is 24.9 Å². The molecule has 1 aliphatic rings. The van der Waals surface area contributed by atoms with Crippen molar-refractivity contribution in [3.05, 3.63) is 22.3 Å². The lowest BCUT2D eigenvalue weighted by atomic mass is 10.1. The number of rotatable bonds is 0. The number of halogens is 3. The molecule has 1 aliphatic heterocycles. The number of esters is 1. The van der Waals surface area contributed by atoms with Crippen LogP contribution in [0.15, 0.2) is 6.07 Å². The highest BCUT2D eigenvalue weighted by Gasteiger charge is 2.22. The molecule has 0 saturated carbocycles. The predicted octanol–water partition coefficient (Wildman–Crippen LogP) is 3.35. The van der Waals surface area contributed by atoms with E-state index in [0.29, 0.717) is 6.42 Å². The van der Waals surface area contributed by atoms with Gasteiger partial charge in [0.05, 0.1) is 9.99 Å². The van der Waals surface area contributed by atoms with E-state index in [1.807, 2.05) is 0 Å². The third-order valence-electron chi connectivity index (χ3n) is 2.01. The normalized spacial score (nSPS) is 14.9. The van der Waals surface area contributed by atoms with E-state index in [9.17, 15) is 4.79 Å². The van der Waals surface area contributed by atoms with Gasteiger partial charge < -0.3 is 4.74 Å².